The number of methoxy groups -OCH3 is 3. The molecule has 6 heteroatoms. The Morgan fingerprint density at radius 1 is 0.893 bits per heavy atom. The van der Waals surface area contributed by atoms with Gasteiger partial charge in [-0.15, -0.1) is 0 Å². The zero-order chi connectivity index (χ0) is 19.9. The smallest absolute Gasteiger partial charge is 0.161 e. The second-order valence-corrected chi connectivity index (χ2v) is 6.64. The summed E-state index contributed by atoms with van der Waals surface area (Å²) >= 11 is 0. The Hall–Kier alpha value is -2.44. The van der Waals surface area contributed by atoms with Crippen molar-refractivity contribution in [3.8, 4) is 23.0 Å². The average molecular weight is 386 g/mol. The van der Waals surface area contributed by atoms with Crippen LogP contribution in [0.15, 0.2) is 36.4 Å². The maximum atomic E-state index is 5.83. The molecule has 1 unspecified atom stereocenters. The zero-order valence-electron chi connectivity index (χ0n) is 17.2. The molecule has 0 saturated carbocycles. The van der Waals surface area contributed by atoms with E-state index in [1.165, 1.54) is 0 Å². The molecular weight excluding hydrogens is 356 g/mol. The van der Waals surface area contributed by atoms with E-state index >= 15 is 0 Å². The van der Waals surface area contributed by atoms with E-state index < -0.39 is 0 Å². The Morgan fingerprint density at radius 2 is 1.61 bits per heavy atom. The van der Waals surface area contributed by atoms with Crippen molar-refractivity contribution < 1.29 is 18.9 Å². The third-order valence-electron chi connectivity index (χ3n) is 5.05. The fourth-order valence-corrected chi connectivity index (χ4v) is 3.71. The van der Waals surface area contributed by atoms with Crippen LogP contribution in [-0.2, 0) is 0 Å². The molecular formula is C22H30N2O4. The van der Waals surface area contributed by atoms with Gasteiger partial charge >= 0.3 is 0 Å². The summed E-state index contributed by atoms with van der Waals surface area (Å²) < 4.78 is 22.5. The Balaban J connectivity index is 2.12. The third-order valence-corrected chi connectivity index (χ3v) is 5.05. The largest absolute Gasteiger partial charge is 0.497 e. The van der Waals surface area contributed by atoms with Gasteiger partial charge in [-0.3, -0.25) is 4.90 Å². The van der Waals surface area contributed by atoms with E-state index in [0.717, 1.165) is 60.3 Å². The topological polar surface area (TPSA) is 52.2 Å². The van der Waals surface area contributed by atoms with Gasteiger partial charge in [0.15, 0.2) is 11.5 Å². The molecule has 1 heterocycles. The Labute approximate surface area is 167 Å². The van der Waals surface area contributed by atoms with Gasteiger partial charge in [-0.25, -0.2) is 0 Å². The highest BCUT2D eigenvalue weighted by atomic mass is 16.5. The molecule has 1 atom stereocenters. The minimum atomic E-state index is 0.0252. The van der Waals surface area contributed by atoms with Crippen molar-refractivity contribution in [2.24, 2.45) is 0 Å². The van der Waals surface area contributed by atoms with Crippen LogP contribution in [0.5, 0.6) is 23.0 Å². The first kappa shape index (κ1) is 20.3. The molecule has 0 amide bonds. The average Bonchev–Trinajstić information content (AvgIpc) is 2.75. The van der Waals surface area contributed by atoms with Crippen molar-refractivity contribution in [1.82, 2.24) is 10.2 Å². The number of hydrogen-bond donors (Lipinski definition) is 1. The van der Waals surface area contributed by atoms with Gasteiger partial charge in [0.05, 0.1) is 34.0 Å². The van der Waals surface area contributed by atoms with E-state index in [1.807, 2.05) is 25.1 Å². The number of rotatable bonds is 8. The standard InChI is InChI=1S/C22H30N2O4/c1-5-28-21-14-16(6-8-20(21)27-4)22(24-12-10-23-11-13-24)18-15-17(25-2)7-9-19(18)26-3/h6-9,14-15,22-23H,5,10-13H2,1-4H3. The van der Waals surface area contributed by atoms with E-state index in [1.54, 1.807) is 21.3 Å². The van der Waals surface area contributed by atoms with Crippen LogP contribution in [-0.4, -0.2) is 59.0 Å². The van der Waals surface area contributed by atoms with E-state index in [-0.39, 0.29) is 6.04 Å². The van der Waals surface area contributed by atoms with Crippen LogP contribution in [0.25, 0.3) is 0 Å². The SMILES string of the molecule is CCOc1cc(C(c2cc(OC)ccc2OC)N2CCNCC2)ccc1OC. The molecule has 0 aromatic heterocycles. The van der Waals surface area contributed by atoms with Crippen LogP contribution in [0, 0.1) is 0 Å². The molecule has 6 nitrogen and oxygen atoms in total. The molecule has 152 valence electrons. The summed E-state index contributed by atoms with van der Waals surface area (Å²) in [7, 11) is 5.06. The Morgan fingerprint density at radius 3 is 2.25 bits per heavy atom. The molecule has 1 aliphatic heterocycles. The molecule has 1 fully saturated rings. The van der Waals surface area contributed by atoms with Gasteiger partial charge in [-0.1, -0.05) is 6.07 Å². The van der Waals surface area contributed by atoms with Gasteiger partial charge in [0.2, 0.25) is 0 Å². The van der Waals surface area contributed by atoms with Crippen molar-refractivity contribution in [1.29, 1.82) is 0 Å². The Kier molecular flexibility index (Phi) is 7.01. The second-order valence-electron chi connectivity index (χ2n) is 6.64. The summed E-state index contributed by atoms with van der Waals surface area (Å²) in [5.74, 6) is 3.15. The van der Waals surface area contributed by atoms with Gasteiger partial charge in [0.1, 0.15) is 11.5 Å². The molecule has 1 aliphatic rings. The van der Waals surface area contributed by atoms with E-state index in [0.29, 0.717) is 6.61 Å². The number of nitrogens with zero attached hydrogens (tertiary/aromatic N) is 1. The number of ether oxygens (including phenoxy) is 4. The molecule has 0 spiro atoms. The lowest BCUT2D eigenvalue weighted by atomic mass is 9.94. The van der Waals surface area contributed by atoms with Crippen LogP contribution in [0.4, 0.5) is 0 Å². The van der Waals surface area contributed by atoms with Crippen molar-refractivity contribution in [2.75, 3.05) is 54.1 Å². The van der Waals surface area contributed by atoms with E-state index in [4.69, 9.17) is 18.9 Å². The summed E-state index contributed by atoms with van der Waals surface area (Å²) in [6.07, 6.45) is 0. The molecule has 0 aliphatic carbocycles. The van der Waals surface area contributed by atoms with Gasteiger partial charge < -0.3 is 24.3 Å². The lowest BCUT2D eigenvalue weighted by Gasteiger charge is -2.36. The predicted octanol–water partition coefficient (Wildman–Crippen LogP) is 3.11. The normalized spacial score (nSPS) is 15.7. The third kappa shape index (κ3) is 4.34. The number of nitrogens with one attached hydrogen (secondary N) is 1. The number of hydrogen-bond acceptors (Lipinski definition) is 6. The van der Waals surface area contributed by atoms with Crippen LogP contribution < -0.4 is 24.3 Å². The van der Waals surface area contributed by atoms with E-state index in [2.05, 4.69) is 28.4 Å². The fraction of sp³-hybridized carbons (Fsp3) is 0.455. The van der Waals surface area contributed by atoms with Crippen molar-refractivity contribution in [2.45, 2.75) is 13.0 Å². The van der Waals surface area contributed by atoms with Gasteiger partial charge in [0, 0.05) is 31.7 Å². The molecule has 0 bridgehead atoms. The van der Waals surface area contributed by atoms with Crippen molar-refractivity contribution in [3.63, 3.8) is 0 Å². The van der Waals surface area contributed by atoms with Crippen molar-refractivity contribution >= 4 is 0 Å². The zero-order valence-corrected chi connectivity index (χ0v) is 17.2. The highest BCUT2D eigenvalue weighted by Gasteiger charge is 2.28. The fourth-order valence-electron chi connectivity index (χ4n) is 3.71. The molecule has 1 saturated heterocycles. The van der Waals surface area contributed by atoms with Crippen LogP contribution in [0.3, 0.4) is 0 Å². The lowest BCUT2D eigenvalue weighted by molar-refractivity contribution is 0.194. The van der Waals surface area contributed by atoms with Gasteiger partial charge in [-0.05, 0) is 42.8 Å². The highest BCUT2D eigenvalue weighted by Crippen LogP contribution is 2.40. The monoisotopic (exact) mass is 386 g/mol. The molecule has 2 aromatic rings. The lowest BCUT2D eigenvalue weighted by Crippen LogP contribution is -2.45. The minimum absolute atomic E-state index is 0.0252. The summed E-state index contributed by atoms with van der Waals surface area (Å²) in [4.78, 5) is 2.46. The molecule has 3 rings (SSSR count). The second kappa shape index (κ2) is 9.66. The maximum Gasteiger partial charge on any atom is 0.161 e. The molecule has 0 radical (unpaired) electrons. The first-order chi connectivity index (χ1) is 13.7. The van der Waals surface area contributed by atoms with Gasteiger partial charge in [-0.2, -0.15) is 0 Å². The molecule has 2 aromatic carbocycles. The van der Waals surface area contributed by atoms with Crippen LogP contribution in [0.2, 0.25) is 0 Å². The predicted molar refractivity (Wildman–Crippen MR) is 110 cm³/mol. The number of benzene rings is 2. The highest BCUT2D eigenvalue weighted by molar-refractivity contribution is 5.50. The Bertz CT molecular complexity index is 775. The number of piperazine rings is 1. The van der Waals surface area contributed by atoms with Crippen LogP contribution in [0.1, 0.15) is 24.1 Å². The minimum Gasteiger partial charge on any atom is -0.497 e. The van der Waals surface area contributed by atoms with E-state index in [9.17, 15) is 0 Å². The quantitative estimate of drug-likeness (QED) is 0.752. The summed E-state index contributed by atoms with van der Waals surface area (Å²) in [5, 5.41) is 3.43. The van der Waals surface area contributed by atoms with Gasteiger partial charge in [0.25, 0.3) is 0 Å². The summed E-state index contributed by atoms with van der Waals surface area (Å²) in [6.45, 7) is 6.36. The van der Waals surface area contributed by atoms with Crippen LogP contribution >= 0.6 is 0 Å². The molecule has 1 N–H and O–H groups in total. The van der Waals surface area contributed by atoms with Crippen molar-refractivity contribution in [3.05, 3.63) is 47.5 Å². The molecule has 28 heavy (non-hydrogen) atoms. The first-order valence-electron chi connectivity index (χ1n) is 9.69. The summed E-state index contributed by atoms with van der Waals surface area (Å²) in [6, 6.07) is 12.1. The maximum absolute atomic E-state index is 5.83. The first-order valence-corrected chi connectivity index (χ1v) is 9.69. The summed E-state index contributed by atoms with van der Waals surface area (Å²) in [5.41, 5.74) is 2.22.